The molecular weight excluding hydrogens is 273 g/mol. The Morgan fingerprint density at radius 3 is 3.05 bits per heavy atom. The van der Waals surface area contributed by atoms with E-state index < -0.39 is 5.82 Å². The molecule has 0 unspecified atom stereocenters. The van der Waals surface area contributed by atoms with E-state index in [0.717, 1.165) is 18.5 Å². The molecule has 2 heterocycles. The first kappa shape index (κ1) is 13.6. The summed E-state index contributed by atoms with van der Waals surface area (Å²) in [4.78, 5) is 14.0. The molecular formula is C15H16FN3O2. The molecule has 5 nitrogen and oxygen atoms in total. The number of ether oxygens (including phenoxy) is 1. The van der Waals surface area contributed by atoms with E-state index in [1.165, 1.54) is 12.1 Å². The Labute approximate surface area is 121 Å². The van der Waals surface area contributed by atoms with Gasteiger partial charge in [-0.25, -0.2) is 4.39 Å². The zero-order valence-electron chi connectivity index (χ0n) is 11.5. The molecule has 21 heavy (non-hydrogen) atoms. The standard InChI is InChI=1S/C15H16FN3O2/c16-11-4-1-2-6-14(11)21-10-15(20)19-9-3-5-13(19)12-7-8-17-18-12/h1-2,4,6-8,13H,3,5,9-10H2,(H,17,18)/t13-/m1/s1. The van der Waals surface area contributed by atoms with Crippen molar-refractivity contribution in [1.82, 2.24) is 15.1 Å². The first-order valence-electron chi connectivity index (χ1n) is 6.92. The highest BCUT2D eigenvalue weighted by molar-refractivity contribution is 5.78. The molecule has 1 fully saturated rings. The van der Waals surface area contributed by atoms with E-state index in [1.54, 1.807) is 23.2 Å². The van der Waals surface area contributed by atoms with Gasteiger partial charge in [-0.3, -0.25) is 9.89 Å². The molecule has 0 spiro atoms. The maximum Gasteiger partial charge on any atom is 0.261 e. The SMILES string of the molecule is O=C(COc1ccccc1F)N1CCC[C@@H]1c1ccn[nH]1. The van der Waals surface area contributed by atoms with E-state index in [0.29, 0.717) is 6.54 Å². The van der Waals surface area contributed by atoms with Crippen molar-refractivity contribution in [1.29, 1.82) is 0 Å². The van der Waals surface area contributed by atoms with Gasteiger partial charge in [-0.2, -0.15) is 5.10 Å². The largest absolute Gasteiger partial charge is 0.481 e. The van der Waals surface area contributed by atoms with Gasteiger partial charge in [0.25, 0.3) is 5.91 Å². The van der Waals surface area contributed by atoms with Gasteiger partial charge in [0.15, 0.2) is 18.2 Å². The number of halogens is 1. The number of hydrogen-bond donors (Lipinski definition) is 1. The van der Waals surface area contributed by atoms with Gasteiger partial charge in [0.1, 0.15) is 0 Å². The lowest BCUT2D eigenvalue weighted by atomic mass is 10.1. The van der Waals surface area contributed by atoms with E-state index >= 15 is 0 Å². The average Bonchev–Trinajstić information content (AvgIpc) is 3.16. The smallest absolute Gasteiger partial charge is 0.261 e. The number of nitrogens with one attached hydrogen (secondary N) is 1. The van der Waals surface area contributed by atoms with Crippen LogP contribution in [0.1, 0.15) is 24.6 Å². The number of carbonyl (C=O) groups excluding carboxylic acids is 1. The predicted octanol–water partition coefficient (Wildman–Crippen LogP) is 2.29. The molecule has 1 saturated heterocycles. The average molecular weight is 289 g/mol. The Morgan fingerprint density at radius 1 is 1.43 bits per heavy atom. The Balaban J connectivity index is 1.64. The predicted molar refractivity (Wildman–Crippen MR) is 74.2 cm³/mol. The summed E-state index contributed by atoms with van der Waals surface area (Å²) in [7, 11) is 0. The van der Waals surface area contributed by atoms with Crippen molar-refractivity contribution in [3.63, 3.8) is 0 Å². The van der Waals surface area contributed by atoms with Crippen LogP contribution in [0.5, 0.6) is 5.75 Å². The molecule has 0 bridgehead atoms. The van der Waals surface area contributed by atoms with Crippen molar-refractivity contribution >= 4 is 5.91 Å². The molecule has 3 rings (SSSR count). The summed E-state index contributed by atoms with van der Waals surface area (Å²) in [6, 6.07) is 7.95. The normalized spacial score (nSPS) is 18.0. The van der Waals surface area contributed by atoms with Crippen LogP contribution in [0.4, 0.5) is 4.39 Å². The number of aromatic amines is 1. The second kappa shape index (κ2) is 5.95. The van der Waals surface area contributed by atoms with Gasteiger partial charge in [0.2, 0.25) is 0 Å². The minimum atomic E-state index is -0.461. The number of amides is 1. The minimum absolute atomic E-state index is 0.00391. The van der Waals surface area contributed by atoms with Crippen molar-refractivity contribution in [2.75, 3.05) is 13.2 Å². The number of carbonyl (C=O) groups is 1. The third kappa shape index (κ3) is 2.89. The van der Waals surface area contributed by atoms with Gasteiger partial charge in [-0.1, -0.05) is 12.1 Å². The Kier molecular flexibility index (Phi) is 3.85. The lowest BCUT2D eigenvalue weighted by Gasteiger charge is -2.23. The number of aromatic nitrogens is 2. The van der Waals surface area contributed by atoms with Crippen molar-refractivity contribution in [2.45, 2.75) is 18.9 Å². The van der Waals surface area contributed by atoms with Crippen LogP contribution in [0.15, 0.2) is 36.5 Å². The van der Waals surface area contributed by atoms with Crippen LogP contribution >= 0.6 is 0 Å². The van der Waals surface area contributed by atoms with E-state index in [2.05, 4.69) is 10.2 Å². The molecule has 2 aromatic rings. The second-order valence-corrected chi connectivity index (χ2v) is 4.98. The Morgan fingerprint density at radius 2 is 2.29 bits per heavy atom. The summed E-state index contributed by atoms with van der Waals surface area (Å²) in [5, 5.41) is 6.82. The van der Waals surface area contributed by atoms with Crippen molar-refractivity contribution in [3.8, 4) is 5.75 Å². The molecule has 0 aliphatic carbocycles. The fourth-order valence-electron chi connectivity index (χ4n) is 2.62. The maximum absolute atomic E-state index is 13.5. The van der Waals surface area contributed by atoms with Crippen LogP contribution in [-0.4, -0.2) is 34.2 Å². The van der Waals surface area contributed by atoms with Crippen molar-refractivity contribution < 1.29 is 13.9 Å². The summed E-state index contributed by atoms with van der Waals surface area (Å²) < 4.78 is 18.7. The van der Waals surface area contributed by atoms with Gasteiger partial charge < -0.3 is 9.64 Å². The fourth-order valence-corrected chi connectivity index (χ4v) is 2.62. The minimum Gasteiger partial charge on any atom is -0.481 e. The molecule has 6 heteroatoms. The second-order valence-electron chi connectivity index (χ2n) is 4.98. The molecule has 1 aliphatic rings. The Hall–Kier alpha value is -2.37. The molecule has 0 radical (unpaired) electrons. The number of likely N-dealkylation sites (tertiary alicyclic amines) is 1. The first-order valence-corrected chi connectivity index (χ1v) is 6.92. The van der Waals surface area contributed by atoms with Gasteiger partial charge >= 0.3 is 0 Å². The topological polar surface area (TPSA) is 58.2 Å². The number of rotatable bonds is 4. The van der Waals surface area contributed by atoms with Gasteiger partial charge in [-0.05, 0) is 31.0 Å². The molecule has 1 aromatic heterocycles. The zero-order chi connectivity index (χ0) is 14.7. The van der Waals surface area contributed by atoms with Crippen LogP contribution in [0.3, 0.4) is 0 Å². The molecule has 110 valence electrons. The van der Waals surface area contributed by atoms with E-state index in [-0.39, 0.29) is 24.3 Å². The zero-order valence-corrected chi connectivity index (χ0v) is 11.5. The molecule has 1 N–H and O–H groups in total. The Bertz CT molecular complexity index is 615. The lowest BCUT2D eigenvalue weighted by molar-refractivity contribution is -0.134. The summed E-state index contributed by atoms with van der Waals surface area (Å²) >= 11 is 0. The monoisotopic (exact) mass is 289 g/mol. The fraction of sp³-hybridized carbons (Fsp3) is 0.333. The van der Waals surface area contributed by atoms with Crippen molar-refractivity contribution in [3.05, 3.63) is 48.0 Å². The summed E-state index contributed by atoms with van der Waals surface area (Å²) in [6.45, 7) is 0.523. The van der Waals surface area contributed by atoms with Crippen LogP contribution in [0, 0.1) is 5.82 Å². The van der Waals surface area contributed by atoms with E-state index in [4.69, 9.17) is 4.74 Å². The van der Waals surface area contributed by atoms with Gasteiger partial charge in [-0.15, -0.1) is 0 Å². The number of benzene rings is 1. The van der Waals surface area contributed by atoms with Gasteiger partial charge in [0, 0.05) is 12.7 Å². The number of H-pyrrole nitrogens is 1. The highest BCUT2D eigenvalue weighted by atomic mass is 19.1. The quantitative estimate of drug-likeness (QED) is 0.939. The molecule has 1 aliphatic heterocycles. The van der Waals surface area contributed by atoms with E-state index in [9.17, 15) is 9.18 Å². The van der Waals surface area contributed by atoms with E-state index in [1.807, 2.05) is 6.07 Å². The first-order chi connectivity index (χ1) is 10.3. The summed E-state index contributed by atoms with van der Waals surface area (Å²) in [6.07, 6.45) is 3.51. The van der Waals surface area contributed by atoms with Crippen LogP contribution < -0.4 is 4.74 Å². The van der Waals surface area contributed by atoms with Gasteiger partial charge in [0.05, 0.1) is 11.7 Å². The highest BCUT2D eigenvalue weighted by Gasteiger charge is 2.30. The molecule has 1 atom stereocenters. The van der Waals surface area contributed by atoms with Crippen LogP contribution in [0.2, 0.25) is 0 Å². The third-order valence-corrected chi connectivity index (χ3v) is 3.64. The van der Waals surface area contributed by atoms with Crippen LogP contribution in [-0.2, 0) is 4.79 Å². The lowest BCUT2D eigenvalue weighted by Crippen LogP contribution is -2.34. The molecule has 1 amide bonds. The number of hydrogen-bond acceptors (Lipinski definition) is 3. The number of para-hydroxylation sites is 1. The molecule has 1 aromatic carbocycles. The molecule has 0 saturated carbocycles. The number of nitrogens with zero attached hydrogens (tertiary/aromatic N) is 2. The third-order valence-electron chi connectivity index (χ3n) is 3.64. The highest BCUT2D eigenvalue weighted by Crippen LogP contribution is 2.30. The maximum atomic E-state index is 13.5. The van der Waals surface area contributed by atoms with Crippen molar-refractivity contribution in [2.24, 2.45) is 0 Å². The summed E-state index contributed by atoms with van der Waals surface area (Å²) in [5.74, 6) is -0.504. The summed E-state index contributed by atoms with van der Waals surface area (Å²) in [5.41, 5.74) is 0.923. The van der Waals surface area contributed by atoms with Crippen LogP contribution in [0.25, 0.3) is 0 Å².